The summed E-state index contributed by atoms with van der Waals surface area (Å²) in [5.41, 5.74) is 5.36. The Morgan fingerprint density at radius 1 is 0.469 bits per heavy atom. The maximum Gasteiger partial charge on any atom is 0.472 e. The van der Waals surface area contributed by atoms with Crippen LogP contribution in [0.15, 0.2) is 12.2 Å². The van der Waals surface area contributed by atoms with Crippen LogP contribution in [0.4, 0.5) is 0 Å². The fourth-order valence-electron chi connectivity index (χ4n) is 7.83. The molecule has 378 valence electrons. The lowest BCUT2D eigenvalue weighted by Gasteiger charge is -2.20. The van der Waals surface area contributed by atoms with Crippen LogP contribution in [0.2, 0.25) is 0 Å². The molecule has 0 aliphatic rings. The predicted octanol–water partition coefficient (Wildman–Crippen LogP) is 15.2. The maximum absolute atomic E-state index is 12.7. The van der Waals surface area contributed by atoms with E-state index in [0.717, 1.165) is 38.5 Å². The number of unbranched alkanes of at least 4 members (excludes halogenated alkanes) is 35. The Morgan fingerprint density at radius 3 is 1.14 bits per heavy atom. The first kappa shape index (κ1) is 62.2. The summed E-state index contributed by atoms with van der Waals surface area (Å²) in [6.07, 6.45) is 51.3. The van der Waals surface area contributed by atoms with E-state index in [4.69, 9.17) is 29.4 Å². The Balaban J connectivity index is 4.18. The van der Waals surface area contributed by atoms with Gasteiger partial charge in [-0.25, -0.2) is 4.57 Å². The molecule has 0 radical (unpaired) electrons. The van der Waals surface area contributed by atoms with E-state index in [1.165, 1.54) is 193 Å². The number of hydrogen-bond acceptors (Lipinski definition) is 9. The molecule has 0 saturated heterocycles. The normalized spacial score (nSPS) is 13.6. The summed E-state index contributed by atoms with van der Waals surface area (Å²) >= 11 is 0. The number of carboxylic acids is 1. The van der Waals surface area contributed by atoms with Crippen LogP contribution < -0.4 is 5.73 Å². The van der Waals surface area contributed by atoms with Crippen molar-refractivity contribution in [3.05, 3.63) is 12.2 Å². The molecule has 12 heteroatoms. The average molecular weight is 930 g/mol. The van der Waals surface area contributed by atoms with E-state index in [-0.39, 0.29) is 19.4 Å². The fourth-order valence-corrected chi connectivity index (χ4v) is 8.61. The van der Waals surface area contributed by atoms with E-state index < -0.39 is 51.1 Å². The van der Waals surface area contributed by atoms with E-state index in [0.29, 0.717) is 12.8 Å². The molecule has 64 heavy (non-hydrogen) atoms. The Hall–Kier alpha value is -1.78. The van der Waals surface area contributed by atoms with Gasteiger partial charge in [0, 0.05) is 12.8 Å². The molecule has 0 aliphatic heterocycles. The van der Waals surface area contributed by atoms with Gasteiger partial charge in [0.1, 0.15) is 12.6 Å². The zero-order valence-corrected chi connectivity index (χ0v) is 42.3. The first-order chi connectivity index (χ1) is 31.1. The number of allylic oxidation sites excluding steroid dienone is 2. The van der Waals surface area contributed by atoms with E-state index in [9.17, 15) is 23.8 Å². The molecule has 0 fully saturated rings. The summed E-state index contributed by atoms with van der Waals surface area (Å²) in [4.78, 5) is 46.2. The predicted molar refractivity (Wildman–Crippen MR) is 263 cm³/mol. The molecular formula is C52H100NO10P. The maximum atomic E-state index is 12.7. The fraction of sp³-hybridized carbons (Fsp3) is 0.904. The van der Waals surface area contributed by atoms with Gasteiger partial charge < -0.3 is 25.2 Å². The standard InChI is InChI=1S/C52H100NO10P/c1-3-5-7-9-11-13-15-17-19-21-23-24-26-27-29-31-33-35-37-39-41-43-50(54)60-45-48(46-61-64(58,59)62-47-49(53)52(56)57)63-51(55)44-42-40-38-36-34-32-30-28-25-22-20-18-16-14-12-10-8-6-4-2/h18,20,48-49H,3-17,19,21-47,53H2,1-2H3,(H,56,57)(H,58,59)/b20-18+/t48-,49+/m1/s1. The summed E-state index contributed by atoms with van der Waals surface area (Å²) < 4.78 is 32.9. The van der Waals surface area contributed by atoms with Crippen LogP contribution in [0.25, 0.3) is 0 Å². The van der Waals surface area contributed by atoms with Crippen molar-refractivity contribution in [3.8, 4) is 0 Å². The van der Waals surface area contributed by atoms with Crippen molar-refractivity contribution < 1.29 is 47.5 Å². The van der Waals surface area contributed by atoms with Crippen LogP contribution in [0.5, 0.6) is 0 Å². The summed E-state index contributed by atoms with van der Waals surface area (Å²) in [6, 6.07) is -1.52. The summed E-state index contributed by atoms with van der Waals surface area (Å²) in [6.45, 7) is 2.86. The first-order valence-corrected chi connectivity index (χ1v) is 28.2. The molecule has 0 spiro atoms. The number of carboxylic acid groups (broad SMARTS) is 1. The highest BCUT2D eigenvalue weighted by molar-refractivity contribution is 7.47. The monoisotopic (exact) mass is 930 g/mol. The minimum Gasteiger partial charge on any atom is -0.480 e. The third-order valence-electron chi connectivity index (χ3n) is 12.0. The summed E-state index contributed by atoms with van der Waals surface area (Å²) in [5.74, 6) is -2.36. The third-order valence-corrected chi connectivity index (χ3v) is 13.0. The number of carbonyl (C=O) groups excluding carboxylic acids is 2. The Morgan fingerprint density at radius 2 is 0.781 bits per heavy atom. The molecule has 11 nitrogen and oxygen atoms in total. The molecule has 0 saturated carbocycles. The van der Waals surface area contributed by atoms with E-state index in [1.807, 2.05) is 0 Å². The third kappa shape index (κ3) is 46.7. The topological polar surface area (TPSA) is 172 Å². The Bertz CT molecular complexity index is 1140. The van der Waals surface area contributed by atoms with Gasteiger partial charge in [0.25, 0.3) is 0 Å². The van der Waals surface area contributed by atoms with Gasteiger partial charge in [-0.1, -0.05) is 231 Å². The number of carbonyl (C=O) groups is 3. The van der Waals surface area contributed by atoms with E-state index >= 15 is 0 Å². The van der Waals surface area contributed by atoms with Gasteiger partial charge in [0.05, 0.1) is 13.2 Å². The van der Waals surface area contributed by atoms with Gasteiger partial charge in [-0.15, -0.1) is 0 Å². The highest BCUT2D eigenvalue weighted by Crippen LogP contribution is 2.43. The van der Waals surface area contributed by atoms with Crippen molar-refractivity contribution in [2.75, 3.05) is 19.8 Å². The largest absolute Gasteiger partial charge is 0.480 e. The zero-order chi connectivity index (χ0) is 47.0. The van der Waals surface area contributed by atoms with Crippen LogP contribution in [0.1, 0.15) is 271 Å². The van der Waals surface area contributed by atoms with Crippen LogP contribution >= 0.6 is 7.82 Å². The highest BCUT2D eigenvalue weighted by atomic mass is 31.2. The van der Waals surface area contributed by atoms with Crippen molar-refractivity contribution in [1.82, 2.24) is 0 Å². The van der Waals surface area contributed by atoms with Gasteiger partial charge in [-0.05, 0) is 38.5 Å². The first-order valence-electron chi connectivity index (χ1n) is 26.7. The second-order valence-corrected chi connectivity index (χ2v) is 19.8. The van der Waals surface area contributed by atoms with Crippen LogP contribution in [0, 0.1) is 0 Å². The quantitative estimate of drug-likeness (QED) is 0.0229. The molecule has 3 atom stereocenters. The van der Waals surface area contributed by atoms with Gasteiger partial charge in [-0.3, -0.25) is 23.4 Å². The van der Waals surface area contributed by atoms with Crippen LogP contribution in [-0.2, 0) is 37.5 Å². The second kappa shape index (κ2) is 47.7. The number of aliphatic carboxylic acids is 1. The van der Waals surface area contributed by atoms with Gasteiger partial charge >= 0.3 is 25.7 Å². The number of nitrogens with two attached hydrogens (primary N) is 1. The molecule has 0 aromatic rings. The van der Waals surface area contributed by atoms with Crippen LogP contribution in [-0.4, -0.2) is 59.9 Å². The van der Waals surface area contributed by atoms with E-state index in [1.54, 1.807) is 0 Å². The lowest BCUT2D eigenvalue weighted by Crippen LogP contribution is -2.34. The van der Waals surface area contributed by atoms with Crippen molar-refractivity contribution in [2.24, 2.45) is 5.73 Å². The van der Waals surface area contributed by atoms with Gasteiger partial charge in [0.15, 0.2) is 6.10 Å². The molecule has 0 aromatic heterocycles. The minimum atomic E-state index is -4.72. The molecule has 4 N–H and O–H groups in total. The minimum absolute atomic E-state index is 0.164. The number of esters is 2. The van der Waals surface area contributed by atoms with Crippen molar-refractivity contribution in [1.29, 1.82) is 0 Å². The molecule has 0 amide bonds. The van der Waals surface area contributed by atoms with Gasteiger partial charge in [-0.2, -0.15) is 0 Å². The summed E-state index contributed by atoms with van der Waals surface area (Å²) in [7, 11) is -4.72. The molecule has 0 heterocycles. The lowest BCUT2D eigenvalue weighted by molar-refractivity contribution is -0.161. The summed E-state index contributed by atoms with van der Waals surface area (Å²) in [5, 5.41) is 8.93. The average Bonchev–Trinajstić information content (AvgIpc) is 3.27. The molecule has 1 unspecified atom stereocenters. The number of hydrogen-bond donors (Lipinski definition) is 3. The zero-order valence-electron chi connectivity index (χ0n) is 41.4. The smallest absolute Gasteiger partial charge is 0.472 e. The van der Waals surface area contributed by atoms with Crippen molar-refractivity contribution >= 4 is 25.7 Å². The molecule has 0 aliphatic carbocycles. The molecule has 0 bridgehead atoms. The van der Waals surface area contributed by atoms with Crippen LogP contribution in [0.3, 0.4) is 0 Å². The second-order valence-electron chi connectivity index (χ2n) is 18.4. The van der Waals surface area contributed by atoms with Gasteiger partial charge in [0.2, 0.25) is 0 Å². The number of phosphoric acid groups is 1. The van der Waals surface area contributed by atoms with Crippen molar-refractivity contribution in [3.63, 3.8) is 0 Å². The van der Waals surface area contributed by atoms with E-state index in [2.05, 4.69) is 26.0 Å². The Kier molecular flexibility index (Phi) is 46.4. The number of ether oxygens (including phenoxy) is 2. The number of rotatable bonds is 51. The van der Waals surface area contributed by atoms with Crippen molar-refractivity contribution in [2.45, 2.75) is 283 Å². The number of phosphoric ester groups is 1. The molecule has 0 rings (SSSR count). The Labute approximate surface area is 392 Å². The lowest BCUT2D eigenvalue weighted by atomic mass is 10.0. The molecular weight excluding hydrogens is 830 g/mol. The highest BCUT2D eigenvalue weighted by Gasteiger charge is 2.28. The SMILES string of the molecule is CCCCCCCC/C=C/CCCCCCCCCCCC(=O)O[C@H](COC(=O)CCCCCCCCCCCCCCCCCCCCCCC)COP(=O)(O)OC[C@H](N)C(=O)O. The molecule has 0 aromatic carbocycles.